The minimum absolute atomic E-state index is 0.103. The number of hydrogen-bond donors (Lipinski definition) is 2. The Morgan fingerprint density at radius 2 is 2.19 bits per heavy atom. The normalized spacial score (nSPS) is 15.9. The molecule has 1 fully saturated rings. The third-order valence-electron chi connectivity index (χ3n) is 3.42. The molecule has 5 heteroatoms. The molecule has 16 heavy (non-hydrogen) atoms. The molecule has 88 valence electrons. The fourth-order valence-corrected chi connectivity index (χ4v) is 2.31. The smallest absolute Gasteiger partial charge is 0.137 e. The molecule has 2 rings (SSSR count). The van der Waals surface area contributed by atoms with Crippen LogP contribution in [0.3, 0.4) is 0 Å². The Morgan fingerprint density at radius 3 is 2.62 bits per heavy atom. The first-order valence-electron chi connectivity index (χ1n) is 5.63. The molecule has 0 bridgehead atoms. The highest BCUT2D eigenvalue weighted by Crippen LogP contribution is 2.30. The summed E-state index contributed by atoms with van der Waals surface area (Å²) in [5.74, 6) is 1.07. The van der Waals surface area contributed by atoms with Crippen molar-refractivity contribution in [3.8, 4) is 0 Å². The lowest BCUT2D eigenvalue weighted by Crippen LogP contribution is -2.39. The van der Waals surface area contributed by atoms with Crippen LogP contribution in [0, 0.1) is 12.3 Å². The van der Waals surface area contributed by atoms with Crippen molar-refractivity contribution in [2.24, 2.45) is 12.8 Å². The van der Waals surface area contributed by atoms with Gasteiger partial charge in [-0.25, -0.2) is 0 Å². The van der Waals surface area contributed by atoms with Gasteiger partial charge in [0.1, 0.15) is 11.7 Å². The minimum atomic E-state index is 0.103. The molecule has 1 saturated carbocycles. The molecule has 0 radical (unpaired) electrons. The van der Waals surface area contributed by atoms with Crippen molar-refractivity contribution in [1.29, 1.82) is 5.41 Å². The van der Waals surface area contributed by atoms with Crippen LogP contribution >= 0.6 is 0 Å². The van der Waals surface area contributed by atoms with E-state index in [0.29, 0.717) is 6.04 Å². The molecule has 5 nitrogen and oxygen atoms in total. The molecule has 1 aliphatic carbocycles. The zero-order chi connectivity index (χ0) is 11.9. The average molecular weight is 221 g/mol. The number of anilines is 1. The van der Waals surface area contributed by atoms with E-state index >= 15 is 0 Å². The third-order valence-corrected chi connectivity index (χ3v) is 3.42. The fourth-order valence-electron chi connectivity index (χ4n) is 2.31. The van der Waals surface area contributed by atoms with Gasteiger partial charge in [-0.15, -0.1) is 0 Å². The van der Waals surface area contributed by atoms with E-state index in [-0.39, 0.29) is 5.84 Å². The molecule has 1 aromatic rings. The van der Waals surface area contributed by atoms with Crippen LogP contribution in [-0.4, -0.2) is 28.7 Å². The first-order chi connectivity index (χ1) is 7.52. The highest BCUT2D eigenvalue weighted by atomic mass is 15.4. The van der Waals surface area contributed by atoms with E-state index in [1.54, 1.807) is 0 Å². The number of hydrogen-bond acceptors (Lipinski definition) is 3. The van der Waals surface area contributed by atoms with E-state index < -0.39 is 0 Å². The largest absolute Gasteiger partial charge is 0.384 e. The van der Waals surface area contributed by atoms with Crippen molar-refractivity contribution in [1.82, 2.24) is 9.78 Å². The van der Waals surface area contributed by atoms with Crippen LogP contribution in [-0.2, 0) is 7.05 Å². The highest BCUT2D eigenvalue weighted by molar-refractivity contribution is 6.00. The zero-order valence-electron chi connectivity index (χ0n) is 10.1. The van der Waals surface area contributed by atoms with E-state index in [2.05, 4.69) is 17.0 Å². The fraction of sp³-hybridized carbons (Fsp3) is 0.636. The molecular weight excluding hydrogens is 202 g/mol. The number of nitrogens with zero attached hydrogens (tertiary/aromatic N) is 3. The van der Waals surface area contributed by atoms with Crippen molar-refractivity contribution in [2.45, 2.75) is 32.2 Å². The summed E-state index contributed by atoms with van der Waals surface area (Å²) >= 11 is 0. The molecule has 0 aromatic carbocycles. The van der Waals surface area contributed by atoms with Gasteiger partial charge in [0.05, 0.1) is 11.3 Å². The molecule has 3 N–H and O–H groups in total. The number of nitrogen functional groups attached to an aromatic ring is 1. The van der Waals surface area contributed by atoms with Gasteiger partial charge in [-0.1, -0.05) is 0 Å². The number of nitrogens with one attached hydrogen (secondary N) is 1. The Balaban J connectivity index is 2.41. The van der Waals surface area contributed by atoms with Gasteiger partial charge < -0.3 is 10.6 Å². The predicted octanol–water partition coefficient (Wildman–Crippen LogP) is 1.00. The SMILES string of the molecule is Cc1nn(C)c(N(C)C2CCC2)c1C(=N)N. The number of aryl methyl sites for hydroxylation is 2. The van der Waals surface area contributed by atoms with Gasteiger partial charge in [0.15, 0.2) is 0 Å². The maximum Gasteiger partial charge on any atom is 0.137 e. The lowest BCUT2D eigenvalue weighted by Gasteiger charge is -2.36. The van der Waals surface area contributed by atoms with Crippen molar-refractivity contribution in [3.05, 3.63) is 11.3 Å². The Bertz CT molecular complexity index is 416. The standard InChI is InChI=1S/C11H19N5/c1-7-9(10(12)13)11(16(3)14-7)15(2)8-5-4-6-8/h8H,4-6H2,1-3H3,(H3,12,13). The van der Waals surface area contributed by atoms with Crippen LogP contribution in [0.2, 0.25) is 0 Å². The van der Waals surface area contributed by atoms with E-state index in [1.807, 2.05) is 18.7 Å². The molecular formula is C11H19N5. The van der Waals surface area contributed by atoms with Crippen molar-refractivity contribution in [3.63, 3.8) is 0 Å². The maximum absolute atomic E-state index is 7.64. The number of rotatable bonds is 3. The number of aromatic nitrogens is 2. The maximum atomic E-state index is 7.64. The zero-order valence-corrected chi connectivity index (χ0v) is 10.1. The molecule has 0 saturated heterocycles. The first-order valence-corrected chi connectivity index (χ1v) is 5.63. The van der Waals surface area contributed by atoms with Crippen molar-refractivity contribution in [2.75, 3.05) is 11.9 Å². The summed E-state index contributed by atoms with van der Waals surface area (Å²) in [6.45, 7) is 1.90. The van der Waals surface area contributed by atoms with Gasteiger partial charge in [0.2, 0.25) is 0 Å². The minimum Gasteiger partial charge on any atom is -0.384 e. The van der Waals surface area contributed by atoms with E-state index in [1.165, 1.54) is 19.3 Å². The second-order valence-corrected chi connectivity index (χ2v) is 4.52. The Hall–Kier alpha value is -1.52. The van der Waals surface area contributed by atoms with Gasteiger partial charge in [0.25, 0.3) is 0 Å². The second-order valence-electron chi connectivity index (χ2n) is 4.52. The topological polar surface area (TPSA) is 70.9 Å². The summed E-state index contributed by atoms with van der Waals surface area (Å²) in [4.78, 5) is 2.21. The summed E-state index contributed by atoms with van der Waals surface area (Å²) in [7, 11) is 3.97. The lowest BCUT2D eigenvalue weighted by molar-refractivity contribution is 0.396. The van der Waals surface area contributed by atoms with Crippen molar-refractivity contribution >= 4 is 11.7 Å². The lowest BCUT2D eigenvalue weighted by atomic mass is 9.91. The van der Waals surface area contributed by atoms with Crippen molar-refractivity contribution < 1.29 is 0 Å². The third kappa shape index (κ3) is 1.56. The van der Waals surface area contributed by atoms with Crippen LogP contribution in [0.25, 0.3) is 0 Å². The summed E-state index contributed by atoms with van der Waals surface area (Å²) in [6.07, 6.45) is 3.73. The molecule has 1 heterocycles. The molecule has 0 aliphatic heterocycles. The first kappa shape index (κ1) is 11.0. The predicted molar refractivity (Wildman–Crippen MR) is 65.0 cm³/mol. The van der Waals surface area contributed by atoms with Crippen LogP contribution < -0.4 is 10.6 Å². The molecule has 0 spiro atoms. The summed E-state index contributed by atoms with van der Waals surface area (Å²) < 4.78 is 1.82. The quantitative estimate of drug-likeness (QED) is 0.591. The van der Waals surface area contributed by atoms with Gasteiger partial charge in [-0.3, -0.25) is 10.1 Å². The van der Waals surface area contributed by atoms with E-state index in [4.69, 9.17) is 11.1 Å². The molecule has 0 unspecified atom stereocenters. The van der Waals surface area contributed by atoms with Crippen LogP contribution in [0.15, 0.2) is 0 Å². The van der Waals surface area contributed by atoms with Gasteiger partial charge in [-0.05, 0) is 26.2 Å². The highest BCUT2D eigenvalue weighted by Gasteiger charge is 2.27. The summed E-state index contributed by atoms with van der Waals surface area (Å²) in [6, 6.07) is 0.577. The Labute approximate surface area is 95.7 Å². The Morgan fingerprint density at radius 1 is 1.56 bits per heavy atom. The number of nitrogens with two attached hydrogens (primary N) is 1. The molecule has 1 aliphatic rings. The van der Waals surface area contributed by atoms with Crippen LogP contribution in [0.1, 0.15) is 30.5 Å². The van der Waals surface area contributed by atoms with Crippen LogP contribution in [0.5, 0.6) is 0 Å². The van der Waals surface area contributed by atoms with E-state index in [0.717, 1.165) is 17.1 Å². The summed E-state index contributed by atoms with van der Waals surface area (Å²) in [5.41, 5.74) is 7.23. The molecule has 0 amide bonds. The van der Waals surface area contributed by atoms with Crippen LogP contribution in [0.4, 0.5) is 5.82 Å². The van der Waals surface area contributed by atoms with E-state index in [9.17, 15) is 0 Å². The molecule has 1 aromatic heterocycles. The second kappa shape index (κ2) is 3.81. The average Bonchev–Trinajstić information content (AvgIpc) is 2.37. The monoisotopic (exact) mass is 221 g/mol. The van der Waals surface area contributed by atoms with Gasteiger partial charge >= 0.3 is 0 Å². The molecule has 0 atom stereocenters. The van der Waals surface area contributed by atoms with Gasteiger partial charge in [-0.2, -0.15) is 5.10 Å². The Kier molecular flexibility index (Phi) is 2.61. The summed E-state index contributed by atoms with van der Waals surface area (Å²) in [5, 5.41) is 12.0. The number of amidine groups is 1. The van der Waals surface area contributed by atoms with Gasteiger partial charge in [0, 0.05) is 20.1 Å².